The van der Waals surface area contributed by atoms with Crippen LogP contribution in [-0.4, -0.2) is 35.6 Å². The van der Waals surface area contributed by atoms with Crippen LogP contribution in [-0.2, 0) is 15.9 Å². The summed E-state index contributed by atoms with van der Waals surface area (Å²) in [6.45, 7) is 2.66. The van der Waals surface area contributed by atoms with E-state index < -0.39 is 6.10 Å². The molecule has 2 rings (SSSR count). The van der Waals surface area contributed by atoms with Crippen LogP contribution in [0.4, 0.5) is 0 Å². The van der Waals surface area contributed by atoms with Gasteiger partial charge in [-0.25, -0.2) is 0 Å². The lowest BCUT2D eigenvalue weighted by Gasteiger charge is -2.32. The Morgan fingerprint density at radius 1 is 1.23 bits per heavy atom. The maximum absolute atomic E-state index is 10.1. The summed E-state index contributed by atoms with van der Waals surface area (Å²) in [4.78, 5) is 0. The minimum absolute atomic E-state index is 0.113. The van der Waals surface area contributed by atoms with Gasteiger partial charge in [-0.05, 0) is 35.8 Å². The van der Waals surface area contributed by atoms with Crippen molar-refractivity contribution in [2.45, 2.75) is 70.2 Å². The molecule has 0 spiro atoms. The number of benzene rings is 1. The van der Waals surface area contributed by atoms with Gasteiger partial charge in [0.05, 0.1) is 31.5 Å². The molecule has 1 fully saturated rings. The van der Waals surface area contributed by atoms with E-state index in [0.717, 1.165) is 24.0 Å². The Kier molecular flexibility index (Phi) is 10.5. The molecule has 0 saturated carbocycles. The van der Waals surface area contributed by atoms with E-state index in [1.54, 1.807) is 18.2 Å². The summed E-state index contributed by atoms with van der Waals surface area (Å²) in [5, 5.41) is 20.0. The maximum Gasteiger partial charge on any atom is 0.183 e. The van der Waals surface area contributed by atoms with Crippen LogP contribution in [0.3, 0.4) is 0 Å². The smallest absolute Gasteiger partial charge is 0.183 e. The summed E-state index contributed by atoms with van der Waals surface area (Å²) >= 11 is 6.36. The molecule has 1 aromatic carbocycles. The van der Waals surface area contributed by atoms with Crippen molar-refractivity contribution < 1.29 is 19.7 Å². The van der Waals surface area contributed by atoms with E-state index >= 15 is 0 Å². The lowest BCUT2D eigenvalue weighted by atomic mass is 9.94. The Bertz CT molecular complexity index is 723. The average Bonchev–Trinajstić information content (AvgIpc) is 2.73. The minimum atomic E-state index is -0.500. The first-order valence-electron chi connectivity index (χ1n) is 10.7. The molecule has 1 aromatic rings. The monoisotopic (exact) mass is 438 g/mol. The minimum Gasteiger partial charge on any atom is -0.479 e. The predicted molar refractivity (Wildman–Crippen MR) is 120 cm³/mol. The number of hydrogen-bond acceptors (Lipinski definition) is 6. The van der Waals surface area contributed by atoms with Gasteiger partial charge in [0.15, 0.2) is 5.88 Å². The highest BCUT2D eigenvalue weighted by atomic mass is 35.5. The van der Waals surface area contributed by atoms with Gasteiger partial charge in [0, 0.05) is 30.0 Å². The second kappa shape index (κ2) is 12.8. The van der Waals surface area contributed by atoms with E-state index in [1.165, 1.54) is 12.8 Å². The molecule has 168 valence electrons. The zero-order valence-corrected chi connectivity index (χ0v) is 18.5. The van der Waals surface area contributed by atoms with Crippen LogP contribution in [0.5, 0.6) is 0 Å². The van der Waals surface area contributed by atoms with Crippen molar-refractivity contribution >= 4 is 11.6 Å². The number of hydrogen-bond donors (Lipinski definition) is 4. The highest BCUT2D eigenvalue weighted by molar-refractivity contribution is 6.31. The van der Waals surface area contributed by atoms with Crippen LogP contribution in [0.25, 0.3) is 0 Å². The first kappa shape index (κ1) is 24.5. The van der Waals surface area contributed by atoms with Crippen molar-refractivity contribution in [3.05, 3.63) is 58.1 Å². The topological polar surface area (TPSA) is 111 Å². The molecular formula is C23H35ClN2O4. The highest BCUT2D eigenvalue weighted by Crippen LogP contribution is 2.33. The van der Waals surface area contributed by atoms with E-state index in [0.29, 0.717) is 42.5 Å². The van der Waals surface area contributed by atoms with Crippen LogP contribution in [0.1, 0.15) is 62.7 Å². The Labute approximate surface area is 184 Å². The van der Waals surface area contributed by atoms with Gasteiger partial charge >= 0.3 is 0 Å². The molecule has 0 amide bonds. The summed E-state index contributed by atoms with van der Waals surface area (Å²) in [6, 6.07) is 5.63. The molecule has 1 heterocycles. The number of halogens is 1. The van der Waals surface area contributed by atoms with Crippen molar-refractivity contribution in [1.82, 2.24) is 0 Å². The molecule has 6 N–H and O–H groups in total. The summed E-state index contributed by atoms with van der Waals surface area (Å²) in [5.74, 6) is 0.342. The Hall–Kier alpha value is -1.73. The number of aliphatic hydroxyl groups excluding tert-OH is 2. The molecule has 1 aliphatic heterocycles. The molecule has 0 aliphatic carbocycles. The third-order valence-electron chi connectivity index (χ3n) is 5.15. The van der Waals surface area contributed by atoms with Crippen LogP contribution < -0.4 is 11.5 Å². The van der Waals surface area contributed by atoms with Crippen LogP contribution in [0, 0.1) is 0 Å². The maximum atomic E-state index is 10.1. The lowest BCUT2D eigenvalue weighted by molar-refractivity contribution is -0.113. The van der Waals surface area contributed by atoms with Crippen molar-refractivity contribution in [3.63, 3.8) is 0 Å². The van der Waals surface area contributed by atoms with Crippen LogP contribution in [0.2, 0.25) is 5.02 Å². The Balaban J connectivity index is 1.97. The zero-order chi connectivity index (χ0) is 21.9. The van der Waals surface area contributed by atoms with Crippen molar-refractivity contribution in [2.24, 2.45) is 11.5 Å². The van der Waals surface area contributed by atoms with Gasteiger partial charge < -0.3 is 31.2 Å². The van der Waals surface area contributed by atoms with Gasteiger partial charge in [0.25, 0.3) is 0 Å². The van der Waals surface area contributed by atoms with Gasteiger partial charge in [-0.1, -0.05) is 49.9 Å². The molecule has 0 bridgehead atoms. The number of aliphatic hydroxyl groups is 2. The third-order valence-corrected chi connectivity index (χ3v) is 5.51. The molecule has 30 heavy (non-hydrogen) atoms. The van der Waals surface area contributed by atoms with E-state index in [9.17, 15) is 10.2 Å². The number of nitrogens with two attached hydrogens (primary N) is 2. The standard InChI is InChI=1S/C23H35ClN2O4/c1-2-3-4-5-10-29-23(26)9-7-18(25)12-17-11-16(6-8-21(17)24)22-14-19(28)13-20(15-27)30-22/h6-9,11,19-20,22,27-28H,2-5,10,12-15,25-26H2,1H3/b18-7-,23-9+. The fraction of sp³-hybridized carbons (Fsp3) is 0.565. The third kappa shape index (κ3) is 8.19. The Morgan fingerprint density at radius 3 is 2.77 bits per heavy atom. The van der Waals surface area contributed by atoms with Crippen LogP contribution in [0.15, 0.2) is 41.9 Å². The van der Waals surface area contributed by atoms with Crippen LogP contribution >= 0.6 is 11.6 Å². The van der Waals surface area contributed by atoms with E-state index in [4.69, 9.17) is 32.5 Å². The number of unbranched alkanes of at least 4 members (excludes halogenated alkanes) is 3. The fourth-order valence-corrected chi connectivity index (χ4v) is 3.67. The molecule has 7 heteroatoms. The first-order chi connectivity index (χ1) is 14.4. The highest BCUT2D eigenvalue weighted by Gasteiger charge is 2.29. The fourth-order valence-electron chi connectivity index (χ4n) is 3.49. The number of allylic oxidation sites excluding steroid dienone is 3. The first-order valence-corrected chi connectivity index (χ1v) is 11.1. The number of ether oxygens (including phenoxy) is 2. The molecule has 1 aliphatic rings. The van der Waals surface area contributed by atoms with Crippen molar-refractivity contribution in [1.29, 1.82) is 0 Å². The van der Waals surface area contributed by atoms with Gasteiger partial charge in [0.2, 0.25) is 0 Å². The van der Waals surface area contributed by atoms with Gasteiger partial charge in [-0.3, -0.25) is 0 Å². The van der Waals surface area contributed by atoms with E-state index in [1.807, 2.05) is 12.1 Å². The molecule has 1 saturated heterocycles. The average molecular weight is 439 g/mol. The molecular weight excluding hydrogens is 404 g/mol. The second-order valence-corrected chi connectivity index (χ2v) is 8.21. The molecule has 3 unspecified atom stereocenters. The summed E-state index contributed by atoms with van der Waals surface area (Å²) < 4.78 is 11.4. The molecule has 0 radical (unpaired) electrons. The van der Waals surface area contributed by atoms with Crippen molar-refractivity contribution in [2.75, 3.05) is 13.2 Å². The molecule has 6 nitrogen and oxygen atoms in total. The van der Waals surface area contributed by atoms with Crippen molar-refractivity contribution in [3.8, 4) is 0 Å². The van der Waals surface area contributed by atoms with Gasteiger partial charge in [0.1, 0.15) is 0 Å². The quantitative estimate of drug-likeness (QED) is 0.238. The predicted octanol–water partition coefficient (Wildman–Crippen LogP) is 3.70. The van der Waals surface area contributed by atoms with E-state index in [2.05, 4.69) is 6.92 Å². The summed E-state index contributed by atoms with van der Waals surface area (Å²) in [7, 11) is 0. The largest absolute Gasteiger partial charge is 0.479 e. The van der Waals surface area contributed by atoms with Gasteiger partial charge in [-0.2, -0.15) is 0 Å². The van der Waals surface area contributed by atoms with Gasteiger partial charge in [-0.15, -0.1) is 0 Å². The Morgan fingerprint density at radius 2 is 2.03 bits per heavy atom. The SMILES string of the molecule is CCCCCCO/C(N)=C/C=C(\N)Cc1cc(C2CC(O)CC(CO)O2)ccc1Cl. The van der Waals surface area contributed by atoms with E-state index in [-0.39, 0.29) is 18.8 Å². The summed E-state index contributed by atoms with van der Waals surface area (Å²) in [6.07, 6.45) is 8.13. The second-order valence-electron chi connectivity index (χ2n) is 7.80. The number of rotatable bonds is 11. The lowest BCUT2D eigenvalue weighted by Crippen LogP contribution is -2.33. The zero-order valence-electron chi connectivity index (χ0n) is 17.7. The molecule has 0 aromatic heterocycles. The summed E-state index contributed by atoms with van der Waals surface area (Å²) in [5.41, 5.74) is 14.4. The molecule has 3 atom stereocenters. The normalized spacial score (nSPS) is 22.9.